The fourth-order valence-electron chi connectivity index (χ4n) is 1.97. The smallest absolute Gasteiger partial charge is 0.179 e. The third-order valence-corrected chi connectivity index (χ3v) is 3.39. The Morgan fingerprint density at radius 1 is 1.26 bits per heavy atom. The minimum atomic E-state index is -0.155. The van der Waals surface area contributed by atoms with Gasteiger partial charge in [0, 0.05) is 17.7 Å². The van der Waals surface area contributed by atoms with Gasteiger partial charge in [-0.25, -0.2) is 0 Å². The van der Waals surface area contributed by atoms with Crippen molar-refractivity contribution >= 4 is 5.78 Å². The van der Waals surface area contributed by atoms with E-state index in [1.165, 1.54) is 0 Å². The maximum absolute atomic E-state index is 12.4. The van der Waals surface area contributed by atoms with E-state index < -0.39 is 0 Å². The minimum Gasteiger partial charge on any atom is -0.472 e. The Bertz CT molecular complexity index is 528. The molecule has 0 spiro atoms. The number of carbonyl (C=O) groups is 1. The standard InChI is InChI=1S/C16H19NO2/c1-12-4-6-15(7-5-12)16(18)13(2)17(3)10-14-8-9-19-11-14/h4-9,11,13H,10H2,1-3H3. The molecule has 3 heteroatoms. The van der Waals surface area contributed by atoms with Gasteiger partial charge in [-0.15, -0.1) is 0 Å². The summed E-state index contributed by atoms with van der Waals surface area (Å²) in [5.74, 6) is 0.144. The molecular formula is C16H19NO2. The van der Waals surface area contributed by atoms with Gasteiger partial charge in [0.2, 0.25) is 0 Å². The molecule has 1 atom stereocenters. The van der Waals surface area contributed by atoms with Crippen molar-refractivity contribution in [3.8, 4) is 0 Å². The molecular weight excluding hydrogens is 238 g/mol. The van der Waals surface area contributed by atoms with Crippen LogP contribution in [0.15, 0.2) is 47.3 Å². The normalized spacial score (nSPS) is 12.6. The van der Waals surface area contributed by atoms with E-state index in [1.807, 2.05) is 56.1 Å². The molecule has 19 heavy (non-hydrogen) atoms. The zero-order valence-corrected chi connectivity index (χ0v) is 11.6. The third kappa shape index (κ3) is 3.32. The molecule has 0 saturated carbocycles. The highest BCUT2D eigenvalue weighted by molar-refractivity contribution is 5.99. The minimum absolute atomic E-state index is 0.144. The summed E-state index contributed by atoms with van der Waals surface area (Å²) in [6.45, 7) is 4.65. The Balaban J connectivity index is 2.04. The van der Waals surface area contributed by atoms with Gasteiger partial charge in [-0.2, -0.15) is 0 Å². The molecule has 2 rings (SSSR count). The number of likely N-dealkylation sites (N-methyl/N-ethyl adjacent to an activating group) is 1. The summed E-state index contributed by atoms with van der Waals surface area (Å²) >= 11 is 0. The summed E-state index contributed by atoms with van der Waals surface area (Å²) in [6.07, 6.45) is 3.36. The first-order valence-electron chi connectivity index (χ1n) is 6.40. The SMILES string of the molecule is Cc1ccc(C(=O)C(C)N(C)Cc2ccoc2)cc1. The van der Waals surface area contributed by atoms with Crippen LogP contribution in [0.1, 0.15) is 28.4 Å². The molecule has 0 radical (unpaired) electrons. The lowest BCUT2D eigenvalue weighted by molar-refractivity contribution is 0.0862. The Kier molecular flexibility index (Phi) is 4.17. The topological polar surface area (TPSA) is 33.5 Å². The average Bonchev–Trinajstić information content (AvgIpc) is 2.90. The van der Waals surface area contributed by atoms with E-state index in [-0.39, 0.29) is 11.8 Å². The lowest BCUT2D eigenvalue weighted by Crippen LogP contribution is -2.35. The van der Waals surface area contributed by atoms with Crippen LogP contribution in [0.4, 0.5) is 0 Å². The summed E-state index contributed by atoms with van der Waals surface area (Å²) in [6, 6.07) is 9.48. The predicted octanol–water partition coefficient (Wildman–Crippen LogP) is 3.29. The number of benzene rings is 1. The maximum atomic E-state index is 12.4. The zero-order valence-electron chi connectivity index (χ0n) is 11.6. The van der Waals surface area contributed by atoms with Crippen LogP contribution in [0.25, 0.3) is 0 Å². The van der Waals surface area contributed by atoms with Gasteiger partial charge >= 0.3 is 0 Å². The van der Waals surface area contributed by atoms with Crippen molar-refractivity contribution in [3.05, 3.63) is 59.5 Å². The van der Waals surface area contributed by atoms with Crippen LogP contribution in [0.3, 0.4) is 0 Å². The Morgan fingerprint density at radius 3 is 2.53 bits per heavy atom. The van der Waals surface area contributed by atoms with Crippen molar-refractivity contribution in [3.63, 3.8) is 0 Å². The third-order valence-electron chi connectivity index (χ3n) is 3.39. The maximum Gasteiger partial charge on any atom is 0.179 e. The van der Waals surface area contributed by atoms with Crippen molar-refractivity contribution in [2.75, 3.05) is 7.05 Å². The van der Waals surface area contributed by atoms with Crippen LogP contribution in [-0.4, -0.2) is 23.8 Å². The number of rotatable bonds is 5. The van der Waals surface area contributed by atoms with E-state index in [9.17, 15) is 4.79 Å². The highest BCUT2D eigenvalue weighted by Gasteiger charge is 2.19. The Labute approximate surface area is 113 Å². The number of Topliss-reactive ketones (excluding diaryl/α,β-unsaturated/α-hetero) is 1. The second kappa shape index (κ2) is 5.85. The summed E-state index contributed by atoms with van der Waals surface area (Å²) in [5, 5.41) is 0. The van der Waals surface area contributed by atoms with E-state index in [0.717, 1.165) is 16.7 Å². The monoisotopic (exact) mass is 257 g/mol. The highest BCUT2D eigenvalue weighted by atomic mass is 16.3. The van der Waals surface area contributed by atoms with E-state index in [2.05, 4.69) is 0 Å². The largest absolute Gasteiger partial charge is 0.472 e. The van der Waals surface area contributed by atoms with Gasteiger partial charge in [-0.3, -0.25) is 9.69 Å². The molecule has 1 aromatic carbocycles. The molecule has 1 unspecified atom stereocenters. The van der Waals surface area contributed by atoms with E-state index in [0.29, 0.717) is 6.54 Å². The molecule has 0 aliphatic rings. The van der Waals surface area contributed by atoms with Crippen LogP contribution in [0, 0.1) is 6.92 Å². The van der Waals surface area contributed by atoms with Gasteiger partial charge in [0.25, 0.3) is 0 Å². The van der Waals surface area contributed by atoms with Gasteiger partial charge in [0.1, 0.15) is 0 Å². The number of carbonyl (C=O) groups excluding carboxylic acids is 1. The highest BCUT2D eigenvalue weighted by Crippen LogP contribution is 2.12. The predicted molar refractivity (Wildman–Crippen MR) is 75.1 cm³/mol. The molecule has 0 aliphatic heterocycles. The zero-order chi connectivity index (χ0) is 13.8. The lowest BCUT2D eigenvalue weighted by Gasteiger charge is -2.23. The second-order valence-corrected chi connectivity index (χ2v) is 4.95. The number of aryl methyl sites for hydroxylation is 1. The molecule has 0 saturated heterocycles. The van der Waals surface area contributed by atoms with Crippen LogP contribution >= 0.6 is 0 Å². The molecule has 100 valence electrons. The van der Waals surface area contributed by atoms with Crippen LogP contribution in [0.2, 0.25) is 0 Å². The Morgan fingerprint density at radius 2 is 1.95 bits per heavy atom. The van der Waals surface area contributed by atoms with Crippen molar-refractivity contribution in [2.24, 2.45) is 0 Å². The lowest BCUT2D eigenvalue weighted by atomic mass is 10.0. The summed E-state index contributed by atoms with van der Waals surface area (Å²) < 4.78 is 5.04. The molecule has 0 aliphatic carbocycles. The van der Waals surface area contributed by atoms with E-state index in [1.54, 1.807) is 12.5 Å². The van der Waals surface area contributed by atoms with Crippen molar-refractivity contribution in [2.45, 2.75) is 26.4 Å². The van der Waals surface area contributed by atoms with Gasteiger partial charge in [0.15, 0.2) is 5.78 Å². The second-order valence-electron chi connectivity index (χ2n) is 4.95. The number of furan rings is 1. The van der Waals surface area contributed by atoms with E-state index >= 15 is 0 Å². The summed E-state index contributed by atoms with van der Waals surface area (Å²) in [5.41, 5.74) is 3.00. The average molecular weight is 257 g/mol. The van der Waals surface area contributed by atoms with Gasteiger partial charge in [0.05, 0.1) is 18.6 Å². The summed E-state index contributed by atoms with van der Waals surface area (Å²) in [7, 11) is 1.95. The fourth-order valence-corrected chi connectivity index (χ4v) is 1.97. The molecule has 1 heterocycles. The first-order valence-corrected chi connectivity index (χ1v) is 6.40. The Hall–Kier alpha value is -1.87. The van der Waals surface area contributed by atoms with Crippen LogP contribution in [-0.2, 0) is 6.54 Å². The molecule has 2 aromatic rings. The van der Waals surface area contributed by atoms with Crippen molar-refractivity contribution in [1.29, 1.82) is 0 Å². The molecule has 1 aromatic heterocycles. The first-order chi connectivity index (χ1) is 9.08. The number of ketones is 1. The fraction of sp³-hybridized carbons (Fsp3) is 0.312. The summed E-state index contributed by atoms with van der Waals surface area (Å²) in [4.78, 5) is 14.4. The molecule has 3 nitrogen and oxygen atoms in total. The van der Waals surface area contributed by atoms with Crippen molar-refractivity contribution < 1.29 is 9.21 Å². The van der Waals surface area contributed by atoms with Gasteiger partial charge in [-0.05, 0) is 27.0 Å². The molecule has 0 bridgehead atoms. The van der Waals surface area contributed by atoms with E-state index in [4.69, 9.17) is 4.42 Å². The number of hydrogen-bond acceptors (Lipinski definition) is 3. The first kappa shape index (κ1) is 13.6. The quantitative estimate of drug-likeness (QED) is 0.771. The number of hydrogen-bond donors (Lipinski definition) is 0. The molecule has 0 fully saturated rings. The van der Waals surface area contributed by atoms with Crippen LogP contribution in [0.5, 0.6) is 0 Å². The van der Waals surface area contributed by atoms with Gasteiger partial charge in [-0.1, -0.05) is 29.8 Å². The van der Waals surface area contributed by atoms with Crippen LogP contribution < -0.4 is 0 Å². The van der Waals surface area contributed by atoms with Gasteiger partial charge < -0.3 is 4.42 Å². The number of nitrogens with zero attached hydrogens (tertiary/aromatic N) is 1. The molecule has 0 N–H and O–H groups in total. The molecule has 0 amide bonds. The van der Waals surface area contributed by atoms with Crippen molar-refractivity contribution in [1.82, 2.24) is 4.90 Å².